The van der Waals surface area contributed by atoms with E-state index in [0.717, 1.165) is 42.5 Å². The number of ether oxygens (including phenoxy) is 1. The molecule has 6 rings (SSSR count). The molecule has 1 saturated heterocycles. The molecule has 4 heterocycles. The third-order valence-corrected chi connectivity index (χ3v) is 7.33. The Morgan fingerprint density at radius 3 is 2.78 bits per heavy atom. The molecule has 3 aliphatic rings. The zero-order chi connectivity index (χ0) is 25.0. The summed E-state index contributed by atoms with van der Waals surface area (Å²) in [6.45, 7) is 0.0413. The average molecular weight is 491 g/mol. The van der Waals surface area contributed by atoms with Gasteiger partial charge in [0, 0.05) is 42.6 Å². The van der Waals surface area contributed by atoms with E-state index >= 15 is 0 Å². The van der Waals surface area contributed by atoms with Gasteiger partial charge in [-0.2, -0.15) is 8.78 Å². The maximum atomic E-state index is 13.2. The van der Waals surface area contributed by atoms with Gasteiger partial charge in [0.1, 0.15) is 11.6 Å². The summed E-state index contributed by atoms with van der Waals surface area (Å²) in [5.74, 6) is 7.34. The molecule has 0 spiro atoms. The number of aromatic nitrogens is 2. The molecular formula is C27H24F2N4O3. The fourth-order valence-corrected chi connectivity index (χ4v) is 5.61. The number of benzene rings is 2. The van der Waals surface area contributed by atoms with E-state index in [1.165, 1.54) is 6.07 Å². The lowest BCUT2D eigenvalue weighted by Crippen LogP contribution is -2.36. The molecule has 1 fully saturated rings. The number of likely N-dealkylation sites (tertiary alicyclic amines) is 1. The first-order chi connectivity index (χ1) is 17.4. The van der Waals surface area contributed by atoms with Crippen molar-refractivity contribution in [3.8, 4) is 17.6 Å². The fraction of sp³-hybridized carbons (Fsp3) is 0.370. The summed E-state index contributed by atoms with van der Waals surface area (Å²) in [6, 6.07) is 9.75. The topological polar surface area (TPSA) is 76.5 Å². The van der Waals surface area contributed by atoms with Crippen molar-refractivity contribution in [3.63, 3.8) is 0 Å². The molecule has 2 aromatic carbocycles. The highest BCUT2D eigenvalue weighted by atomic mass is 19.3. The van der Waals surface area contributed by atoms with Crippen LogP contribution in [0.1, 0.15) is 65.6 Å². The minimum atomic E-state index is -3.00. The van der Waals surface area contributed by atoms with E-state index in [4.69, 9.17) is 9.72 Å². The number of hydrogen-bond donors (Lipinski definition) is 1. The van der Waals surface area contributed by atoms with Crippen molar-refractivity contribution in [2.75, 3.05) is 13.1 Å². The average Bonchev–Trinajstić information content (AvgIpc) is 3.34. The van der Waals surface area contributed by atoms with Crippen molar-refractivity contribution >= 4 is 22.8 Å². The van der Waals surface area contributed by atoms with Gasteiger partial charge in [-0.05, 0) is 49.6 Å². The maximum Gasteiger partial charge on any atom is 0.387 e. The molecule has 7 nitrogen and oxygen atoms in total. The van der Waals surface area contributed by atoms with Crippen molar-refractivity contribution in [1.82, 2.24) is 19.8 Å². The smallest absolute Gasteiger partial charge is 0.387 e. The summed E-state index contributed by atoms with van der Waals surface area (Å²) in [6.07, 6.45) is 2.21. The number of carbonyl (C=O) groups is 2. The normalized spacial score (nSPS) is 20.9. The van der Waals surface area contributed by atoms with Gasteiger partial charge in [-0.15, -0.1) is 0 Å². The molecule has 0 unspecified atom stereocenters. The van der Waals surface area contributed by atoms with Crippen LogP contribution < -0.4 is 10.1 Å². The van der Waals surface area contributed by atoms with Crippen LogP contribution in [0.25, 0.3) is 11.0 Å². The Balaban J connectivity index is 1.38. The Morgan fingerprint density at radius 2 is 2.03 bits per heavy atom. The minimum Gasteiger partial charge on any atom is -0.434 e. The second-order valence-electron chi connectivity index (χ2n) is 9.47. The highest BCUT2D eigenvalue weighted by Gasteiger charge is 2.42. The summed E-state index contributed by atoms with van der Waals surface area (Å²) >= 11 is 0. The third kappa shape index (κ3) is 3.77. The quantitative estimate of drug-likeness (QED) is 0.551. The summed E-state index contributed by atoms with van der Waals surface area (Å²) in [7, 11) is 0. The number of hydrogen-bond acceptors (Lipinski definition) is 4. The second-order valence-corrected chi connectivity index (χ2v) is 9.47. The maximum absolute atomic E-state index is 13.2. The fourth-order valence-electron chi connectivity index (χ4n) is 5.61. The largest absolute Gasteiger partial charge is 0.434 e. The van der Waals surface area contributed by atoms with E-state index in [9.17, 15) is 18.4 Å². The molecule has 1 N–H and O–H groups in total. The summed E-state index contributed by atoms with van der Waals surface area (Å²) < 4.78 is 33.2. The zero-order valence-corrected chi connectivity index (χ0v) is 19.6. The number of fused-ring (bicyclic) bond motifs is 9. The molecule has 36 heavy (non-hydrogen) atoms. The number of imidazole rings is 1. The van der Waals surface area contributed by atoms with Gasteiger partial charge in [0.25, 0.3) is 5.91 Å². The summed E-state index contributed by atoms with van der Waals surface area (Å²) in [4.78, 5) is 31.0. The van der Waals surface area contributed by atoms with Crippen LogP contribution >= 0.6 is 0 Å². The Kier molecular flexibility index (Phi) is 5.40. The van der Waals surface area contributed by atoms with Gasteiger partial charge in [-0.1, -0.05) is 17.9 Å². The van der Waals surface area contributed by atoms with E-state index in [2.05, 4.69) is 17.2 Å². The Hall–Kier alpha value is -3.93. The van der Waals surface area contributed by atoms with Crippen LogP contribution in [0.15, 0.2) is 36.4 Å². The lowest BCUT2D eigenvalue weighted by atomic mass is 9.97. The molecule has 2 bridgehead atoms. The van der Waals surface area contributed by atoms with Crippen LogP contribution in [0, 0.1) is 17.8 Å². The minimum absolute atomic E-state index is 0.00542. The monoisotopic (exact) mass is 490 g/mol. The highest BCUT2D eigenvalue weighted by Crippen LogP contribution is 2.47. The number of carbonyl (C=O) groups excluding carboxylic acids is 2. The molecule has 184 valence electrons. The Bertz CT molecular complexity index is 1450. The molecule has 0 saturated carbocycles. The Morgan fingerprint density at radius 1 is 1.22 bits per heavy atom. The predicted molar refractivity (Wildman–Crippen MR) is 128 cm³/mol. The molecule has 2 atom stereocenters. The number of nitrogens with zero attached hydrogens (tertiary/aromatic N) is 3. The molecule has 0 aliphatic carbocycles. The SMILES string of the molecule is CC(=O)N1CCC(C#Cc2ccc3nc4n(c3c2)[C@@H]2C[C@H]4NC(=O)c3cccc(OC(F)F)c32)CC1. The van der Waals surface area contributed by atoms with Crippen molar-refractivity contribution in [2.24, 2.45) is 5.92 Å². The van der Waals surface area contributed by atoms with Crippen LogP contribution in [0.2, 0.25) is 0 Å². The molecule has 3 aromatic rings. The standard InChI is InChI=1S/C27H24F2N4O3/c1-15(34)32-11-9-16(10-12-32)5-6-17-7-8-19-21(13-17)33-22-14-20(25(33)30-19)31-26(35)18-3-2-4-23(24(18)22)36-27(28)29/h2-4,7-8,13,16,20,22,27H,9-12,14H2,1H3,(H,31,35)/t20-,22-/m1/s1. The predicted octanol–water partition coefficient (Wildman–Crippen LogP) is 4.03. The van der Waals surface area contributed by atoms with Gasteiger partial charge in [0.2, 0.25) is 5.91 Å². The first-order valence-corrected chi connectivity index (χ1v) is 12.1. The number of alkyl halides is 2. The number of nitrogens with one attached hydrogen (secondary N) is 1. The van der Waals surface area contributed by atoms with Gasteiger partial charge in [-0.25, -0.2) is 4.98 Å². The molecule has 9 heteroatoms. The molecule has 1 aromatic heterocycles. The van der Waals surface area contributed by atoms with Crippen molar-refractivity contribution in [1.29, 1.82) is 0 Å². The van der Waals surface area contributed by atoms with Crippen LogP contribution in [-0.4, -0.2) is 46.0 Å². The van der Waals surface area contributed by atoms with E-state index in [1.807, 2.05) is 27.7 Å². The van der Waals surface area contributed by atoms with Crippen molar-refractivity contribution in [3.05, 3.63) is 58.9 Å². The van der Waals surface area contributed by atoms with E-state index < -0.39 is 6.61 Å². The van der Waals surface area contributed by atoms with Gasteiger partial charge >= 0.3 is 6.61 Å². The molecule has 3 aliphatic heterocycles. The lowest BCUT2D eigenvalue weighted by Gasteiger charge is -2.28. The van der Waals surface area contributed by atoms with Gasteiger partial charge < -0.3 is 19.5 Å². The Labute approximate surface area is 206 Å². The number of halogens is 2. The highest BCUT2D eigenvalue weighted by molar-refractivity contribution is 5.98. The van der Waals surface area contributed by atoms with Crippen LogP contribution in [0.3, 0.4) is 0 Å². The van der Waals surface area contributed by atoms with Crippen molar-refractivity contribution in [2.45, 2.75) is 44.9 Å². The van der Waals surface area contributed by atoms with Crippen LogP contribution in [-0.2, 0) is 4.79 Å². The van der Waals surface area contributed by atoms with E-state index in [1.54, 1.807) is 19.1 Å². The molecular weight excluding hydrogens is 466 g/mol. The lowest BCUT2D eigenvalue weighted by molar-refractivity contribution is -0.129. The van der Waals surface area contributed by atoms with E-state index in [0.29, 0.717) is 23.4 Å². The van der Waals surface area contributed by atoms with Gasteiger partial charge in [0.15, 0.2) is 0 Å². The number of rotatable bonds is 2. The van der Waals surface area contributed by atoms with Crippen molar-refractivity contribution < 1.29 is 23.1 Å². The third-order valence-electron chi connectivity index (χ3n) is 7.33. The van der Waals surface area contributed by atoms with Gasteiger partial charge in [0.05, 0.1) is 23.1 Å². The summed E-state index contributed by atoms with van der Waals surface area (Å²) in [5.41, 5.74) is 3.21. The first kappa shape index (κ1) is 22.5. The van der Waals surface area contributed by atoms with Gasteiger partial charge in [-0.3, -0.25) is 9.59 Å². The summed E-state index contributed by atoms with van der Waals surface area (Å²) in [5, 5.41) is 3.00. The molecule has 0 radical (unpaired) electrons. The first-order valence-electron chi connectivity index (χ1n) is 12.1. The number of amides is 2. The second kappa shape index (κ2) is 8.63. The molecule has 2 amide bonds. The van der Waals surface area contributed by atoms with Crippen LogP contribution in [0.4, 0.5) is 8.78 Å². The van der Waals surface area contributed by atoms with Crippen LogP contribution in [0.5, 0.6) is 5.75 Å². The van der Waals surface area contributed by atoms with E-state index in [-0.39, 0.29) is 35.6 Å². The zero-order valence-electron chi connectivity index (χ0n) is 19.6. The number of piperidine rings is 1.